The van der Waals surface area contributed by atoms with Crippen LogP contribution in [0.15, 0.2) is 12.1 Å². The summed E-state index contributed by atoms with van der Waals surface area (Å²) in [4.78, 5) is 0. The average Bonchev–Trinajstić information content (AvgIpc) is 2.26. The highest BCUT2D eigenvalue weighted by atomic mass is 16.6. The van der Waals surface area contributed by atoms with Crippen molar-refractivity contribution in [1.29, 1.82) is 5.26 Å². The van der Waals surface area contributed by atoms with E-state index in [-0.39, 0.29) is 0 Å². The van der Waals surface area contributed by atoms with Crippen molar-refractivity contribution in [3.05, 3.63) is 17.7 Å². The molecule has 0 saturated carbocycles. The number of hydrogen-bond acceptors (Lipinski definition) is 4. The number of nitrogens with one attached hydrogen (secondary N) is 1. The van der Waals surface area contributed by atoms with Crippen LogP contribution in [0.5, 0.6) is 11.5 Å². The molecular formula is C11H12N2O2. The molecule has 1 N–H and O–H groups in total. The van der Waals surface area contributed by atoms with Crippen LogP contribution in [-0.2, 0) is 0 Å². The molecule has 15 heavy (non-hydrogen) atoms. The third-order valence-corrected chi connectivity index (χ3v) is 2.25. The second kappa shape index (κ2) is 4.09. The number of rotatable bonds is 2. The molecule has 1 aromatic carbocycles. The monoisotopic (exact) mass is 204 g/mol. The van der Waals surface area contributed by atoms with Crippen molar-refractivity contribution in [2.45, 2.75) is 6.92 Å². The number of anilines is 1. The molecule has 1 aliphatic rings. The largest absolute Gasteiger partial charge is 0.486 e. The predicted molar refractivity (Wildman–Crippen MR) is 56.3 cm³/mol. The summed E-state index contributed by atoms with van der Waals surface area (Å²) in [5.41, 5.74) is 1.97. The molecule has 1 aliphatic heterocycles. The summed E-state index contributed by atoms with van der Waals surface area (Å²) in [5.74, 6) is 1.52. The first-order valence-electron chi connectivity index (χ1n) is 4.82. The van der Waals surface area contributed by atoms with E-state index in [1.807, 2.05) is 25.1 Å². The normalized spacial score (nSPS) is 13.1. The van der Waals surface area contributed by atoms with Crippen LogP contribution < -0.4 is 14.8 Å². The number of fused-ring (bicyclic) bond motifs is 1. The zero-order valence-electron chi connectivity index (χ0n) is 8.54. The van der Waals surface area contributed by atoms with Gasteiger partial charge in [0, 0.05) is 11.8 Å². The minimum absolute atomic E-state index is 0.292. The lowest BCUT2D eigenvalue weighted by Gasteiger charge is -2.20. The van der Waals surface area contributed by atoms with Crippen molar-refractivity contribution in [3.8, 4) is 17.6 Å². The first-order valence-corrected chi connectivity index (χ1v) is 4.82. The summed E-state index contributed by atoms with van der Waals surface area (Å²) in [5, 5.41) is 11.5. The third kappa shape index (κ3) is 1.96. The van der Waals surface area contributed by atoms with Gasteiger partial charge in [0.25, 0.3) is 0 Å². The van der Waals surface area contributed by atoms with Crippen molar-refractivity contribution >= 4 is 5.69 Å². The summed E-state index contributed by atoms with van der Waals surface area (Å²) in [6.45, 7) is 3.43. The van der Waals surface area contributed by atoms with Crippen LogP contribution in [0.3, 0.4) is 0 Å². The lowest BCUT2D eigenvalue weighted by atomic mass is 10.1. The van der Waals surface area contributed by atoms with Gasteiger partial charge in [0.2, 0.25) is 0 Å². The summed E-state index contributed by atoms with van der Waals surface area (Å²) in [7, 11) is 0. The second-order valence-electron chi connectivity index (χ2n) is 3.32. The van der Waals surface area contributed by atoms with Crippen molar-refractivity contribution in [2.24, 2.45) is 0 Å². The second-order valence-corrected chi connectivity index (χ2v) is 3.32. The van der Waals surface area contributed by atoms with Crippen LogP contribution in [0, 0.1) is 18.3 Å². The molecule has 0 radical (unpaired) electrons. The molecular weight excluding hydrogens is 192 g/mol. The molecule has 78 valence electrons. The molecule has 0 atom stereocenters. The fraction of sp³-hybridized carbons (Fsp3) is 0.364. The number of nitriles is 1. The summed E-state index contributed by atoms with van der Waals surface area (Å²) >= 11 is 0. The maximum absolute atomic E-state index is 8.49. The van der Waals surface area contributed by atoms with Crippen LogP contribution in [0.1, 0.15) is 5.56 Å². The maximum Gasteiger partial charge on any atom is 0.163 e. The standard InChI is InChI=1S/C11H12N2O2/c1-8-6-10-11(15-5-4-14-10)7-9(8)13-3-2-12/h6-7,13H,3-5H2,1H3. The fourth-order valence-corrected chi connectivity index (χ4v) is 1.52. The van der Waals surface area contributed by atoms with Crippen LogP contribution >= 0.6 is 0 Å². The average molecular weight is 204 g/mol. The van der Waals surface area contributed by atoms with Gasteiger partial charge in [-0.1, -0.05) is 0 Å². The van der Waals surface area contributed by atoms with Gasteiger partial charge in [-0.25, -0.2) is 0 Å². The molecule has 0 amide bonds. The highest BCUT2D eigenvalue weighted by molar-refractivity contribution is 5.60. The van der Waals surface area contributed by atoms with Gasteiger partial charge in [0.1, 0.15) is 19.8 Å². The molecule has 0 spiro atoms. The molecule has 0 aromatic heterocycles. The Balaban J connectivity index is 2.28. The Bertz CT molecular complexity index is 410. The molecule has 4 heteroatoms. The highest BCUT2D eigenvalue weighted by Gasteiger charge is 2.13. The van der Waals surface area contributed by atoms with Crippen LogP contribution in [0.25, 0.3) is 0 Å². The first-order chi connectivity index (χ1) is 7.31. The van der Waals surface area contributed by atoms with E-state index in [4.69, 9.17) is 14.7 Å². The van der Waals surface area contributed by atoms with Gasteiger partial charge in [-0.3, -0.25) is 0 Å². The Morgan fingerprint density at radius 1 is 1.33 bits per heavy atom. The van der Waals surface area contributed by atoms with Crippen molar-refractivity contribution in [2.75, 3.05) is 25.1 Å². The molecule has 4 nitrogen and oxygen atoms in total. The summed E-state index contributed by atoms with van der Waals surface area (Å²) < 4.78 is 10.9. The van der Waals surface area contributed by atoms with Crippen LogP contribution in [-0.4, -0.2) is 19.8 Å². The molecule has 1 aromatic rings. The van der Waals surface area contributed by atoms with Gasteiger partial charge in [0.15, 0.2) is 11.5 Å². The number of nitrogens with zero attached hydrogens (tertiary/aromatic N) is 1. The summed E-state index contributed by atoms with van der Waals surface area (Å²) in [6.07, 6.45) is 0. The van der Waals surface area contributed by atoms with Gasteiger partial charge < -0.3 is 14.8 Å². The van der Waals surface area contributed by atoms with Gasteiger partial charge >= 0.3 is 0 Å². The van der Waals surface area contributed by atoms with Gasteiger partial charge in [-0.15, -0.1) is 0 Å². The fourth-order valence-electron chi connectivity index (χ4n) is 1.52. The summed E-state index contributed by atoms with van der Waals surface area (Å²) in [6, 6.07) is 5.84. The minimum atomic E-state index is 0.292. The van der Waals surface area contributed by atoms with Crippen LogP contribution in [0.4, 0.5) is 5.69 Å². The smallest absolute Gasteiger partial charge is 0.163 e. The Hall–Kier alpha value is -1.89. The number of aryl methyl sites for hydroxylation is 1. The molecule has 2 rings (SSSR count). The molecule has 0 bridgehead atoms. The van der Waals surface area contributed by atoms with E-state index in [1.165, 1.54) is 0 Å². The van der Waals surface area contributed by atoms with E-state index < -0.39 is 0 Å². The van der Waals surface area contributed by atoms with Gasteiger partial charge in [-0.2, -0.15) is 5.26 Å². The molecule has 0 saturated heterocycles. The molecule has 0 aliphatic carbocycles. The first kappa shape index (κ1) is 9.66. The highest BCUT2D eigenvalue weighted by Crippen LogP contribution is 2.35. The molecule has 0 fully saturated rings. The van der Waals surface area contributed by atoms with E-state index in [1.54, 1.807) is 0 Å². The quantitative estimate of drug-likeness (QED) is 0.745. The predicted octanol–water partition coefficient (Wildman–Crippen LogP) is 1.70. The Kier molecular flexibility index (Phi) is 2.64. The van der Waals surface area contributed by atoms with Gasteiger partial charge in [0.05, 0.1) is 6.07 Å². The Morgan fingerprint density at radius 2 is 2.00 bits per heavy atom. The van der Waals surface area contributed by atoms with Crippen LogP contribution in [0.2, 0.25) is 0 Å². The van der Waals surface area contributed by atoms with E-state index in [2.05, 4.69) is 5.32 Å². The zero-order chi connectivity index (χ0) is 10.7. The zero-order valence-corrected chi connectivity index (χ0v) is 8.54. The SMILES string of the molecule is Cc1cc2c(cc1NCC#N)OCCO2. The van der Waals surface area contributed by atoms with E-state index in [0.717, 1.165) is 22.7 Å². The number of ether oxygens (including phenoxy) is 2. The van der Waals surface area contributed by atoms with E-state index in [9.17, 15) is 0 Å². The molecule has 1 heterocycles. The Morgan fingerprint density at radius 3 is 2.67 bits per heavy atom. The Labute approximate surface area is 88.4 Å². The molecule has 0 unspecified atom stereocenters. The van der Waals surface area contributed by atoms with Crippen molar-refractivity contribution in [3.63, 3.8) is 0 Å². The van der Waals surface area contributed by atoms with Gasteiger partial charge in [-0.05, 0) is 18.6 Å². The lowest BCUT2D eigenvalue weighted by molar-refractivity contribution is 0.171. The van der Waals surface area contributed by atoms with Crippen molar-refractivity contribution in [1.82, 2.24) is 0 Å². The van der Waals surface area contributed by atoms with E-state index >= 15 is 0 Å². The number of hydrogen-bond donors (Lipinski definition) is 1. The van der Waals surface area contributed by atoms with E-state index in [0.29, 0.717) is 19.8 Å². The number of benzene rings is 1. The third-order valence-electron chi connectivity index (χ3n) is 2.25. The topological polar surface area (TPSA) is 54.3 Å². The lowest BCUT2D eigenvalue weighted by Crippen LogP contribution is -2.16. The minimum Gasteiger partial charge on any atom is -0.486 e. The maximum atomic E-state index is 8.49. The van der Waals surface area contributed by atoms with Crippen molar-refractivity contribution < 1.29 is 9.47 Å².